The Hall–Kier alpha value is -2.59. The van der Waals surface area contributed by atoms with Gasteiger partial charge < -0.3 is 0 Å². The highest BCUT2D eigenvalue weighted by atomic mass is 32.2. The highest BCUT2D eigenvalue weighted by Gasteiger charge is 2.20. The van der Waals surface area contributed by atoms with Crippen molar-refractivity contribution >= 4 is 43.5 Å². The van der Waals surface area contributed by atoms with E-state index in [1.807, 2.05) is 0 Å². The summed E-state index contributed by atoms with van der Waals surface area (Å²) in [6.45, 7) is -2.78. The van der Waals surface area contributed by atoms with Crippen LogP contribution in [0.2, 0.25) is 0 Å². The number of aromatic nitrogens is 4. The predicted octanol–water partition coefficient (Wildman–Crippen LogP) is 3.93. The molecule has 0 spiro atoms. The smallest absolute Gasteiger partial charge is 0.261 e. The Bertz CT molecular complexity index is 1270. The first-order chi connectivity index (χ1) is 12.8. The molecule has 0 saturated heterocycles. The molecule has 0 aliphatic heterocycles. The van der Waals surface area contributed by atoms with Gasteiger partial charge in [-0.2, -0.15) is 8.78 Å². The number of nitrogens with zero attached hydrogens (tertiary/aromatic N) is 4. The number of rotatable bonds is 4. The zero-order chi connectivity index (χ0) is 19.2. The summed E-state index contributed by atoms with van der Waals surface area (Å²) in [6.07, 6.45) is 2.40. The van der Waals surface area contributed by atoms with Gasteiger partial charge in [-0.1, -0.05) is 12.1 Å². The van der Waals surface area contributed by atoms with Gasteiger partial charge in [0.2, 0.25) is 0 Å². The van der Waals surface area contributed by atoms with Gasteiger partial charge in [0.05, 0.1) is 21.4 Å². The summed E-state index contributed by atoms with van der Waals surface area (Å²) in [4.78, 5) is 12.6. The highest BCUT2D eigenvalue weighted by molar-refractivity contribution is 7.99. The zero-order valence-corrected chi connectivity index (χ0v) is 15.5. The lowest BCUT2D eigenvalue weighted by atomic mass is 10.2. The molecule has 0 N–H and O–H groups in total. The van der Waals surface area contributed by atoms with Crippen LogP contribution in [0.15, 0.2) is 63.9 Å². The summed E-state index contributed by atoms with van der Waals surface area (Å²) in [5.74, 6) is 0. The normalized spacial score (nSPS) is 12.3. The van der Waals surface area contributed by atoms with E-state index in [-0.39, 0.29) is 10.1 Å². The van der Waals surface area contributed by atoms with Crippen molar-refractivity contribution in [2.24, 2.45) is 0 Å². The van der Waals surface area contributed by atoms with E-state index in [9.17, 15) is 17.2 Å². The monoisotopic (exact) mass is 406 g/mol. The Labute approximate surface area is 157 Å². The van der Waals surface area contributed by atoms with Gasteiger partial charge in [-0.05, 0) is 42.1 Å². The van der Waals surface area contributed by atoms with Gasteiger partial charge in [-0.3, -0.25) is 4.57 Å². The lowest BCUT2D eigenvalue weighted by molar-refractivity contribution is 0.0656. The average Bonchev–Trinajstić information content (AvgIpc) is 2.99. The van der Waals surface area contributed by atoms with Gasteiger partial charge in [0.25, 0.3) is 0 Å². The van der Waals surface area contributed by atoms with E-state index in [1.165, 1.54) is 18.5 Å². The summed E-state index contributed by atoms with van der Waals surface area (Å²) in [6, 6.07) is 11.1. The van der Waals surface area contributed by atoms with E-state index in [0.29, 0.717) is 27.0 Å². The maximum Gasteiger partial charge on any atom is 0.321 e. The molecule has 0 saturated carbocycles. The molecule has 0 fully saturated rings. The Morgan fingerprint density at radius 2 is 1.85 bits per heavy atom. The van der Waals surface area contributed by atoms with Crippen molar-refractivity contribution in [2.75, 3.05) is 6.26 Å². The van der Waals surface area contributed by atoms with E-state index in [1.54, 1.807) is 30.3 Å². The number of halogens is 2. The Morgan fingerprint density at radius 1 is 1.07 bits per heavy atom. The second-order valence-electron chi connectivity index (χ2n) is 5.76. The molecule has 0 unspecified atom stereocenters. The third-order valence-electron chi connectivity index (χ3n) is 3.94. The first-order valence-electron chi connectivity index (χ1n) is 7.72. The first-order valence-corrected chi connectivity index (χ1v) is 10.4. The number of para-hydroxylation sites is 2. The zero-order valence-electron chi connectivity index (χ0n) is 13.9. The molecule has 4 rings (SSSR count). The van der Waals surface area contributed by atoms with Crippen LogP contribution in [-0.4, -0.2) is 34.2 Å². The van der Waals surface area contributed by atoms with Crippen LogP contribution in [0.4, 0.5) is 8.78 Å². The van der Waals surface area contributed by atoms with E-state index in [2.05, 4.69) is 15.0 Å². The summed E-state index contributed by atoms with van der Waals surface area (Å²) in [7, 11) is -3.43. The Balaban J connectivity index is 1.89. The fourth-order valence-corrected chi connectivity index (χ4v) is 4.31. The quantitative estimate of drug-likeness (QED) is 0.478. The highest BCUT2D eigenvalue weighted by Crippen LogP contribution is 2.35. The van der Waals surface area contributed by atoms with Gasteiger partial charge in [0, 0.05) is 11.6 Å². The van der Waals surface area contributed by atoms with Crippen LogP contribution in [0.1, 0.15) is 6.55 Å². The SMILES string of the molecule is CS(=O)(=O)c1ccc2ncnc(Sc3nc4ccccc4n3C(F)F)c2c1. The molecule has 2 aromatic heterocycles. The number of sulfone groups is 1. The lowest BCUT2D eigenvalue weighted by Gasteiger charge is -2.09. The van der Waals surface area contributed by atoms with Crippen molar-refractivity contribution in [1.29, 1.82) is 0 Å². The Morgan fingerprint density at radius 3 is 2.59 bits per heavy atom. The standard InChI is InChI=1S/C17H12F2N4O2S2/c1-27(24,25)10-6-7-12-11(8-10)15(21-9-20-12)26-17-22-13-4-2-3-5-14(13)23(17)16(18)19/h2-9,16H,1H3. The van der Waals surface area contributed by atoms with Crippen LogP contribution in [0.25, 0.3) is 21.9 Å². The van der Waals surface area contributed by atoms with Crippen LogP contribution in [0.5, 0.6) is 0 Å². The number of alkyl halides is 2. The predicted molar refractivity (Wildman–Crippen MR) is 97.8 cm³/mol. The summed E-state index contributed by atoms with van der Waals surface area (Å²) in [5.41, 5.74) is 1.26. The number of benzene rings is 2. The van der Waals surface area contributed by atoms with E-state index < -0.39 is 16.4 Å². The molecule has 0 bridgehead atoms. The number of hydrogen-bond acceptors (Lipinski definition) is 6. The van der Waals surface area contributed by atoms with Gasteiger partial charge in [-0.25, -0.2) is 23.4 Å². The number of fused-ring (bicyclic) bond motifs is 2. The first kappa shape index (κ1) is 17.8. The lowest BCUT2D eigenvalue weighted by Crippen LogP contribution is -2.01. The van der Waals surface area contributed by atoms with Crippen molar-refractivity contribution < 1.29 is 17.2 Å². The average molecular weight is 406 g/mol. The topological polar surface area (TPSA) is 77.7 Å². The molecule has 2 heterocycles. The molecule has 0 aliphatic rings. The van der Waals surface area contributed by atoms with Gasteiger partial charge in [0.15, 0.2) is 15.0 Å². The fourth-order valence-electron chi connectivity index (χ4n) is 2.69. The Kier molecular flexibility index (Phi) is 4.31. The minimum atomic E-state index is -3.43. The van der Waals surface area contributed by atoms with Crippen LogP contribution in [0.3, 0.4) is 0 Å². The molecule has 2 aromatic carbocycles. The molecule has 0 amide bonds. The molecule has 0 atom stereocenters. The van der Waals surface area contributed by atoms with Crippen molar-refractivity contribution in [2.45, 2.75) is 21.6 Å². The molecule has 27 heavy (non-hydrogen) atoms. The van der Waals surface area contributed by atoms with Gasteiger partial charge in [-0.15, -0.1) is 0 Å². The van der Waals surface area contributed by atoms with Crippen molar-refractivity contribution in [3.05, 3.63) is 48.8 Å². The summed E-state index contributed by atoms with van der Waals surface area (Å²) in [5, 5.41) is 0.872. The van der Waals surface area contributed by atoms with Crippen LogP contribution >= 0.6 is 11.8 Å². The van der Waals surface area contributed by atoms with Crippen LogP contribution in [-0.2, 0) is 9.84 Å². The maximum atomic E-state index is 13.6. The van der Waals surface area contributed by atoms with Crippen molar-refractivity contribution in [3.63, 3.8) is 0 Å². The molecular formula is C17H12F2N4O2S2. The van der Waals surface area contributed by atoms with Crippen molar-refractivity contribution in [3.8, 4) is 0 Å². The largest absolute Gasteiger partial charge is 0.321 e. The minimum Gasteiger partial charge on any atom is -0.261 e. The molecule has 0 radical (unpaired) electrons. The van der Waals surface area contributed by atoms with E-state index in [0.717, 1.165) is 22.6 Å². The van der Waals surface area contributed by atoms with Crippen LogP contribution in [0, 0.1) is 0 Å². The molecule has 0 aliphatic carbocycles. The second kappa shape index (κ2) is 6.54. The fraction of sp³-hybridized carbons (Fsp3) is 0.118. The third kappa shape index (κ3) is 3.26. The minimum absolute atomic E-state index is 0.0657. The molecule has 138 valence electrons. The molecule has 6 nitrogen and oxygen atoms in total. The van der Waals surface area contributed by atoms with Gasteiger partial charge in [0.1, 0.15) is 11.4 Å². The molecule has 10 heteroatoms. The number of hydrogen-bond donors (Lipinski definition) is 0. The van der Waals surface area contributed by atoms with Gasteiger partial charge >= 0.3 is 6.55 Å². The van der Waals surface area contributed by atoms with Crippen LogP contribution < -0.4 is 0 Å². The molecular weight excluding hydrogens is 394 g/mol. The number of imidazole rings is 1. The van der Waals surface area contributed by atoms with Crippen molar-refractivity contribution in [1.82, 2.24) is 19.5 Å². The third-order valence-corrected chi connectivity index (χ3v) is 6.04. The van der Waals surface area contributed by atoms with E-state index in [4.69, 9.17) is 0 Å². The second-order valence-corrected chi connectivity index (χ2v) is 8.73. The molecule has 4 aromatic rings. The summed E-state index contributed by atoms with van der Waals surface area (Å²) < 4.78 is 51.8. The van der Waals surface area contributed by atoms with E-state index >= 15 is 0 Å². The summed E-state index contributed by atoms with van der Waals surface area (Å²) >= 11 is 0.943. The maximum absolute atomic E-state index is 13.6.